The van der Waals surface area contributed by atoms with Gasteiger partial charge in [0.1, 0.15) is 11.6 Å². The molecule has 1 aromatic carbocycles. The minimum Gasteiger partial charge on any atom is -0.368 e. The number of nitrogen functional groups attached to an aromatic ring is 1. The largest absolute Gasteiger partial charge is 0.368 e. The molecular formula is C18H23FN6OS. The van der Waals surface area contributed by atoms with E-state index in [0.29, 0.717) is 23.3 Å². The third-order valence-corrected chi connectivity index (χ3v) is 5.47. The fourth-order valence-corrected chi connectivity index (χ4v) is 3.63. The first-order chi connectivity index (χ1) is 13.0. The van der Waals surface area contributed by atoms with Crippen molar-refractivity contribution in [3.05, 3.63) is 35.9 Å². The molecule has 1 unspecified atom stereocenters. The molecule has 1 fully saturated rings. The Labute approximate surface area is 161 Å². The number of anilines is 3. The summed E-state index contributed by atoms with van der Waals surface area (Å²) in [5, 5.41) is 5.86. The average Bonchev–Trinajstić information content (AvgIpc) is 3.14. The molecule has 144 valence electrons. The highest BCUT2D eigenvalue weighted by Crippen LogP contribution is 2.21. The van der Waals surface area contributed by atoms with E-state index in [0.717, 1.165) is 12.8 Å². The van der Waals surface area contributed by atoms with E-state index < -0.39 is 0 Å². The number of hydrogen-bond acceptors (Lipinski definition) is 7. The molecule has 0 saturated heterocycles. The van der Waals surface area contributed by atoms with Crippen LogP contribution >= 0.6 is 11.8 Å². The molecule has 7 nitrogen and oxygen atoms in total. The SMILES string of the molecule is CC(SCc1nc(N)nc(Nc2ccc(F)cc2)n1)C(=O)NC1CCCC1. The van der Waals surface area contributed by atoms with E-state index in [1.807, 2.05) is 6.92 Å². The summed E-state index contributed by atoms with van der Waals surface area (Å²) in [6.07, 6.45) is 4.48. The lowest BCUT2D eigenvalue weighted by atomic mass is 10.2. The molecule has 1 saturated carbocycles. The van der Waals surface area contributed by atoms with E-state index in [9.17, 15) is 9.18 Å². The molecule has 1 atom stereocenters. The van der Waals surface area contributed by atoms with Crippen molar-refractivity contribution in [1.82, 2.24) is 20.3 Å². The van der Waals surface area contributed by atoms with E-state index >= 15 is 0 Å². The second-order valence-corrected chi connectivity index (χ2v) is 7.84. The fraction of sp³-hybridized carbons (Fsp3) is 0.444. The molecule has 0 radical (unpaired) electrons. The zero-order chi connectivity index (χ0) is 19.2. The first kappa shape index (κ1) is 19.3. The van der Waals surface area contributed by atoms with E-state index in [4.69, 9.17) is 5.73 Å². The van der Waals surface area contributed by atoms with Crippen molar-refractivity contribution in [2.45, 2.75) is 49.7 Å². The summed E-state index contributed by atoms with van der Waals surface area (Å²) in [6.45, 7) is 1.87. The van der Waals surface area contributed by atoms with Gasteiger partial charge in [-0.05, 0) is 44.0 Å². The van der Waals surface area contributed by atoms with E-state index in [1.165, 1.54) is 36.7 Å². The third kappa shape index (κ3) is 5.78. The first-order valence-electron chi connectivity index (χ1n) is 8.94. The lowest BCUT2D eigenvalue weighted by molar-refractivity contribution is -0.120. The lowest BCUT2D eigenvalue weighted by Crippen LogP contribution is -2.37. The molecule has 0 bridgehead atoms. The number of benzene rings is 1. The van der Waals surface area contributed by atoms with Crippen molar-refractivity contribution in [3.8, 4) is 0 Å². The maximum atomic E-state index is 13.0. The van der Waals surface area contributed by atoms with Gasteiger partial charge < -0.3 is 16.4 Å². The molecule has 1 heterocycles. The van der Waals surface area contributed by atoms with Crippen LogP contribution in [0.5, 0.6) is 0 Å². The van der Waals surface area contributed by atoms with Gasteiger partial charge in [-0.2, -0.15) is 15.0 Å². The normalized spacial score (nSPS) is 15.5. The van der Waals surface area contributed by atoms with Gasteiger partial charge in [0.25, 0.3) is 0 Å². The summed E-state index contributed by atoms with van der Waals surface area (Å²) in [4.78, 5) is 24.8. The molecule has 1 aliphatic carbocycles. The number of nitrogens with two attached hydrogens (primary N) is 1. The Kier molecular flexibility index (Phi) is 6.44. The topological polar surface area (TPSA) is 106 Å². The molecule has 9 heteroatoms. The number of hydrogen-bond donors (Lipinski definition) is 3. The zero-order valence-electron chi connectivity index (χ0n) is 15.1. The third-order valence-electron chi connectivity index (χ3n) is 4.33. The van der Waals surface area contributed by atoms with Crippen LogP contribution in [0.15, 0.2) is 24.3 Å². The average molecular weight is 390 g/mol. The maximum absolute atomic E-state index is 13.0. The smallest absolute Gasteiger partial charge is 0.233 e. The molecule has 27 heavy (non-hydrogen) atoms. The van der Waals surface area contributed by atoms with Crippen LogP contribution in [0.2, 0.25) is 0 Å². The number of carbonyl (C=O) groups is 1. The number of amides is 1. The van der Waals surface area contributed by atoms with Crippen molar-refractivity contribution in [2.75, 3.05) is 11.1 Å². The van der Waals surface area contributed by atoms with Crippen LogP contribution in [0.3, 0.4) is 0 Å². The molecule has 0 aliphatic heterocycles. The summed E-state index contributed by atoms with van der Waals surface area (Å²) in [5.41, 5.74) is 6.40. The van der Waals surface area contributed by atoms with E-state index in [-0.39, 0.29) is 28.9 Å². The van der Waals surface area contributed by atoms with Crippen LogP contribution in [-0.2, 0) is 10.5 Å². The summed E-state index contributed by atoms with van der Waals surface area (Å²) < 4.78 is 13.0. The number of halogens is 1. The summed E-state index contributed by atoms with van der Waals surface area (Å²) in [6, 6.07) is 6.15. The quantitative estimate of drug-likeness (QED) is 0.667. The highest BCUT2D eigenvalue weighted by Gasteiger charge is 2.21. The van der Waals surface area contributed by atoms with Gasteiger partial charge in [0, 0.05) is 11.7 Å². The van der Waals surface area contributed by atoms with Gasteiger partial charge in [-0.3, -0.25) is 4.79 Å². The molecular weight excluding hydrogens is 367 g/mol. The number of aromatic nitrogens is 3. The van der Waals surface area contributed by atoms with Crippen molar-refractivity contribution >= 4 is 35.3 Å². The maximum Gasteiger partial charge on any atom is 0.233 e. The Morgan fingerprint density at radius 3 is 2.67 bits per heavy atom. The number of rotatable bonds is 7. The molecule has 2 aromatic rings. The molecule has 3 rings (SSSR count). The zero-order valence-corrected chi connectivity index (χ0v) is 15.9. The highest BCUT2D eigenvalue weighted by atomic mass is 32.2. The lowest BCUT2D eigenvalue weighted by Gasteiger charge is -2.16. The van der Waals surface area contributed by atoms with Crippen LogP contribution < -0.4 is 16.4 Å². The Balaban J connectivity index is 1.57. The van der Waals surface area contributed by atoms with E-state index in [1.54, 1.807) is 12.1 Å². The van der Waals surface area contributed by atoms with Crippen LogP contribution in [0.4, 0.5) is 22.0 Å². The number of nitrogens with one attached hydrogen (secondary N) is 2. The van der Waals surface area contributed by atoms with Crippen molar-refractivity contribution in [3.63, 3.8) is 0 Å². The van der Waals surface area contributed by atoms with Crippen molar-refractivity contribution in [2.24, 2.45) is 0 Å². The highest BCUT2D eigenvalue weighted by molar-refractivity contribution is 7.99. The van der Waals surface area contributed by atoms with Gasteiger partial charge >= 0.3 is 0 Å². The fourth-order valence-electron chi connectivity index (χ4n) is 2.88. The van der Waals surface area contributed by atoms with Gasteiger partial charge in [-0.15, -0.1) is 11.8 Å². The molecule has 1 aromatic heterocycles. The van der Waals surface area contributed by atoms with Crippen LogP contribution in [0, 0.1) is 5.82 Å². The van der Waals surface area contributed by atoms with Gasteiger partial charge in [0.05, 0.1) is 11.0 Å². The monoisotopic (exact) mass is 390 g/mol. The van der Waals surface area contributed by atoms with Crippen LogP contribution in [0.25, 0.3) is 0 Å². The summed E-state index contributed by atoms with van der Waals surface area (Å²) >= 11 is 1.45. The second-order valence-electron chi connectivity index (χ2n) is 6.51. The predicted molar refractivity (Wildman–Crippen MR) is 105 cm³/mol. The molecule has 1 amide bonds. The van der Waals surface area contributed by atoms with Gasteiger partial charge in [-0.1, -0.05) is 12.8 Å². The van der Waals surface area contributed by atoms with Gasteiger partial charge in [-0.25, -0.2) is 4.39 Å². The van der Waals surface area contributed by atoms with E-state index in [2.05, 4.69) is 25.6 Å². The van der Waals surface area contributed by atoms with Gasteiger partial charge in [0.15, 0.2) is 0 Å². The number of nitrogens with zero attached hydrogens (tertiary/aromatic N) is 3. The van der Waals surface area contributed by atoms with Crippen molar-refractivity contribution in [1.29, 1.82) is 0 Å². The Morgan fingerprint density at radius 1 is 1.26 bits per heavy atom. The van der Waals surface area contributed by atoms with Crippen molar-refractivity contribution < 1.29 is 9.18 Å². The standard InChI is InChI=1S/C18H23FN6OS/c1-11(16(26)21-13-4-2-3-5-13)27-10-15-23-17(20)25-18(24-15)22-14-8-6-12(19)7-9-14/h6-9,11,13H,2-5,10H2,1H3,(H,21,26)(H3,20,22,23,24,25). The Bertz CT molecular complexity index is 782. The number of carbonyl (C=O) groups excluding carboxylic acids is 1. The minimum atomic E-state index is -0.322. The van der Waals surface area contributed by atoms with Crippen LogP contribution in [0.1, 0.15) is 38.4 Å². The summed E-state index contributed by atoms with van der Waals surface area (Å²) in [5.74, 6) is 1.01. The van der Waals surface area contributed by atoms with Gasteiger partial charge in [0.2, 0.25) is 17.8 Å². The second kappa shape index (κ2) is 8.98. The Hall–Kier alpha value is -2.42. The Morgan fingerprint density at radius 2 is 1.96 bits per heavy atom. The molecule has 0 spiro atoms. The molecule has 4 N–H and O–H groups in total. The molecule has 1 aliphatic rings. The summed E-state index contributed by atoms with van der Waals surface area (Å²) in [7, 11) is 0. The minimum absolute atomic E-state index is 0.0404. The first-order valence-corrected chi connectivity index (χ1v) is 9.99. The van der Waals surface area contributed by atoms with Crippen LogP contribution in [-0.4, -0.2) is 32.2 Å². The predicted octanol–water partition coefficient (Wildman–Crippen LogP) is 3.02. The number of thioether (sulfide) groups is 1.